The molecule has 37 heavy (non-hydrogen) atoms. The van der Waals surface area contributed by atoms with Crippen LogP contribution in [0.3, 0.4) is 0 Å². The van der Waals surface area contributed by atoms with Crippen LogP contribution in [-0.2, 0) is 10.3 Å². The summed E-state index contributed by atoms with van der Waals surface area (Å²) in [6.45, 7) is 17.2. The zero-order valence-corrected chi connectivity index (χ0v) is 24.4. The Morgan fingerprint density at radius 2 is 1.70 bits per heavy atom. The van der Waals surface area contributed by atoms with Gasteiger partial charge in [0.1, 0.15) is 5.69 Å². The van der Waals surface area contributed by atoms with E-state index in [9.17, 15) is 9.59 Å². The van der Waals surface area contributed by atoms with Crippen LogP contribution >= 0.6 is 11.3 Å². The highest BCUT2D eigenvalue weighted by Crippen LogP contribution is 2.23. The Kier molecular flexibility index (Phi) is 11.5. The number of nitrogens with zero attached hydrogens (tertiary/aromatic N) is 3. The summed E-state index contributed by atoms with van der Waals surface area (Å²) in [5.41, 5.74) is 2.78. The molecule has 0 aromatic carbocycles. The number of hydrogen-bond acceptors (Lipinski definition) is 5. The normalized spacial score (nSPS) is 12.8. The van der Waals surface area contributed by atoms with Crippen LogP contribution in [0.15, 0.2) is 42.0 Å². The van der Waals surface area contributed by atoms with Crippen molar-refractivity contribution in [3.8, 4) is 11.4 Å². The van der Waals surface area contributed by atoms with E-state index in [2.05, 4.69) is 69.1 Å². The van der Waals surface area contributed by atoms with Gasteiger partial charge in [-0.2, -0.15) is 0 Å². The molecule has 0 bridgehead atoms. The molecule has 3 aromatic rings. The summed E-state index contributed by atoms with van der Waals surface area (Å²) in [5.74, 6) is 1.24. The van der Waals surface area contributed by atoms with Crippen LogP contribution in [0.4, 0.5) is 5.13 Å². The zero-order valence-electron chi connectivity index (χ0n) is 23.6. The van der Waals surface area contributed by atoms with Crippen molar-refractivity contribution in [3.05, 3.63) is 53.3 Å². The fourth-order valence-corrected chi connectivity index (χ4v) is 4.25. The van der Waals surface area contributed by atoms with Crippen LogP contribution < -0.4 is 10.6 Å². The summed E-state index contributed by atoms with van der Waals surface area (Å²) in [6, 6.07) is 7.44. The molecular weight excluding hydrogens is 482 g/mol. The van der Waals surface area contributed by atoms with E-state index < -0.39 is 0 Å². The van der Waals surface area contributed by atoms with Crippen LogP contribution in [0.5, 0.6) is 0 Å². The minimum Gasteiger partial charge on any atom is -0.348 e. The van der Waals surface area contributed by atoms with Crippen molar-refractivity contribution in [2.75, 3.05) is 11.9 Å². The summed E-state index contributed by atoms with van der Waals surface area (Å²) in [5, 5.41) is 7.64. The molecule has 0 aliphatic rings. The first-order valence-corrected chi connectivity index (χ1v) is 14.0. The Hall–Kier alpha value is -3.00. The van der Waals surface area contributed by atoms with E-state index in [0.717, 1.165) is 23.2 Å². The summed E-state index contributed by atoms with van der Waals surface area (Å²) < 4.78 is 1.96. The fraction of sp³-hybridized carbons (Fsp3) is 0.517. The van der Waals surface area contributed by atoms with Crippen LogP contribution in [-0.4, -0.2) is 32.9 Å². The van der Waals surface area contributed by atoms with Crippen LogP contribution in [0.2, 0.25) is 0 Å². The predicted molar refractivity (Wildman–Crippen MR) is 154 cm³/mol. The van der Waals surface area contributed by atoms with E-state index in [1.165, 1.54) is 30.6 Å². The Morgan fingerprint density at radius 1 is 1.03 bits per heavy atom. The number of rotatable bonds is 9. The number of pyridine rings is 1. The monoisotopic (exact) mass is 525 g/mol. The van der Waals surface area contributed by atoms with Crippen LogP contribution in [0.25, 0.3) is 11.4 Å². The average molecular weight is 526 g/mol. The van der Waals surface area contributed by atoms with E-state index in [1.54, 1.807) is 12.3 Å². The lowest BCUT2D eigenvalue weighted by Gasteiger charge is -2.20. The minimum absolute atomic E-state index is 0.107. The summed E-state index contributed by atoms with van der Waals surface area (Å²) in [6.07, 6.45) is 7.71. The number of carbonyl (C=O) groups excluding carboxylic acids is 2. The summed E-state index contributed by atoms with van der Waals surface area (Å²) >= 11 is 1.32. The fourth-order valence-electron chi connectivity index (χ4n) is 3.53. The molecule has 2 N–H and O–H groups in total. The van der Waals surface area contributed by atoms with Crippen molar-refractivity contribution in [1.82, 2.24) is 19.9 Å². The lowest BCUT2D eigenvalue weighted by atomic mass is 9.94. The van der Waals surface area contributed by atoms with E-state index in [-0.39, 0.29) is 23.9 Å². The van der Waals surface area contributed by atoms with Crippen molar-refractivity contribution < 1.29 is 9.59 Å². The molecule has 2 atom stereocenters. The Bertz CT molecular complexity index is 1140. The molecule has 0 spiro atoms. The Morgan fingerprint density at radius 3 is 2.27 bits per heavy atom. The Labute approximate surface area is 226 Å². The lowest BCUT2D eigenvalue weighted by molar-refractivity contribution is -0.115. The number of amides is 2. The lowest BCUT2D eigenvalue weighted by Crippen LogP contribution is -2.32. The second kappa shape index (κ2) is 14.1. The van der Waals surface area contributed by atoms with Gasteiger partial charge in [0.05, 0.1) is 17.8 Å². The molecule has 3 rings (SSSR count). The highest BCUT2D eigenvalue weighted by atomic mass is 32.1. The molecule has 0 aliphatic carbocycles. The number of aryl methyl sites for hydroxylation is 1. The third-order valence-corrected chi connectivity index (χ3v) is 7.00. The van der Waals surface area contributed by atoms with E-state index in [1.807, 2.05) is 41.3 Å². The molecule has 0 saturated heterocycles. The van der Waals surface area contributed by atoms with Gasteiger partial charge >= 0.3 is 0 Å². The molecule has 2 unspecified atom stereocenters. The van der Waals surface area contributed by atoms with Crippen molar-refractivity contribution >= 4 is 28.3 Å². The molecule has 202 valence electrons. The molecule has 0 saturated carbocycles. The molecule has 7 nitrogen and oxygen atoms in total. The molecule has 2 amide bonds. The van der Waals surface area contributed by atoms with Crippen molar-refractivity contribution in [2.45, 2.75) is 80.2 Å². The number of carbonyl (C=O) groups is 2. The zero-order chi connectivity index (χ0) is 27.6. The first-order valence-electron chi connectivity index (χ1n) is 13.1. The van der Waals surface area contributed by atoms with Gasteiger partial charge in [-0.1, -0.05) is 46.6 Å². The van der Waals surface area contributed by atoms with Gasteiger partial charge in [0.2, 0.25) is 5.91 Å². The van der Waals surface area contributed by atoms with Crippen molar-refractivity contribution in [1.29, 1.82) is 0 Å². The molecule has 0 radical (unpaired) electrons. The largest absolute Gasteiger partial charge is 0.348 e. The second-order valence-electron chi connectivity index (χ2n) is 10.7. The topological polar surface area (TPSA) is 88.9 Å². The van der Waals surface area contributed by atoms with Gasteiger partial charge in [-0.15, -0.1) is 11.3 Å². The first-order chi connectivity index (χ1) is 17.4. The third-order valence-electron chi connectivity index (χ3n) is 6.24. The summed E-state index contributed by atoms with van der Waals surface area (Å²) in [4.78, 5) is 33.2. The van der Waals surface area contributed by atoms with E-state index >= 15 is 0 Å². The second-order valence-corrected chi connectivity index (χ2v) is 11.5. The SMILES string of the molecule is CCC(C)CC(C)CC.Cc1cccc(-c2csc(NC(=O)CNC(=O)c3ccn(C(C)(C)C)c3)n2)n1. The van der Waals surface area contributed by atoms with Gasteiger partial charge in [0.25, 0.3) is 5.91 Å². The maximum Gasteiger partial charge on any atom is 0.253 e. The Balaban J connectivity index is 0.000000458. The molecule has 8 heteroatoms. The van der Waals surface area contributed by atoms with E-state index in [0.29, 0.717) is 16.4 Å². The maximum absolute atomic E-state index is 12.2. The quantitative estimate of drug-likeness (QED) is 0.318. The van der Waals surface area contributed by atoms with Crippen molar-refractivity contribution in [3.63, 3.8) is 0 Å². The third kappa shape index (κ3) is 10.1. The van der Waals surface area contributed by atoms with Gasteiger partial charge in [-0.05, 0) is 64.2 Å². The standard InChI is InChI=1S/C20H23N5O2S.C9H20/c1-13-6-5-7-15(22-13)16-12-28-19(23-16)24-17(26)10-21-18(27)14-8-9-25(11-14)20(2,3)4;1-5-8(3)7-9(4)6-2/h5-9,11-12H,10H2,1-4H3,(H,21,27)(H,23,24,26);8-9H,5-7H2,1-4H3. The average Bonchev–Trinajstić information content (AvgIpc) is 3.53. The molecule has 0 aliphatic heterocycles. The van der Waals surface area contributed by atoms with Gasteiger partial charge in [-0.3, -0.25) is 14.6 Å². The molecule has 3 aromatic heterocycles. The van der Waals surface area contributed by atoms with Gasteiger partial charge in [0.15, 0.2) is 5.13 Å². The van der Waals surface area contributed by atoms with Crippen LogP contribution in [0.1, 0.15) is 83.8 Å². The smallest absolute Gasteiger partial charge is 0.253 e. The number of anilines is 1. The highest BCUT2D eigenvalue weighted by molar-refractivity contribution is 7.14. The van der Waals surface area contributed by atoms with Crippen LogP contribution in [0, 0.1) is 18.8 Å². The highest BCUT2D eigenvalue weighted by Gasteiger charge is 2.16. The van der Waals surface area contributed by atoms with Gasteiger partial charge in [0, 0.05) is 29.0 Å². The first kappa shape index (κ1) is 30.2. The van der Waals surface area contributed by atoms with Crippen molar-refractivity contribution in [2.24, 2.45) is 11.8 Å². The number of thiazole rings is 1. The molecule has 3 heterocycles. The maximum atomic E-state index is 12.2. The van der Waals surface area contributed by atoms with Gasteiger partial charge in [-0.25, -0.2) is 4.98 Å². The predicted octanol–water partition coefficient (Wildman–Crippen LogP) is 6.91. The van der Waals surface area contributed by atoms with E-state index in [4.69, 9.17) is 0 Å². The number of aromatic nitrogens is 3. The number of hydrogen-bond donors (Lipinski definition) is 2. The minimum atomic E-state index is -0.332. The summed E-state index contributed by atoms with van der Waals surface area (Å²) in [7, 11) is 0. The molecule has 0 fully saturated rings. The number of nitrogens with one attached hydrogen (secondary N) is 2. The molecular formula is C29H43N5O2S. The van der Waals surface area contributed by atoms with Gasteiger partial charge < -0.3 is 15.2 Å².